The minimum Gasteiger partial charge on any atom is -0.348 e. The van der Waals surface area contributed by atoms with Gasteiger partial charge in [0.05, 0.1) is 6.04 Å². The van der Waals surface area contributed by atoms with Crippen molar-refractivity contribution in [3.8, 4) is 0 Å². The van der Waals surface area contributed by atoms with Crippen molar-refractivity contribution < 1.29 is 4.79 Å². The van der Waals surface area contributed by atoms with Crippen LogP contribution in [0.15, 0.2) is 66.7 Å². The summed E-state index contributed by atoms with van der Waals surface area (Å²) < 4.78 is 0. The van der Waals surface area contributed by atoms with Crippen molar-refractivity contribution >= 4 is 12.0 Å². The van der Waals surface area contributed by atoms with Gasteiger partial charge in [-0.25, -0.2) is 0 Å². The maximum Gasteiger partial charge on any atom is 0.241 e. The monoisotopic (exact) mass is 294 g/mol. The second kappa shape index (κ2) is 8.15. The van der Waals surface area contributed by atoms with Gasteiger partial charge in [0.25, 0.3) is 0 Å². The molecule has 2 rings (SSSR count). The van der Waals surface area contributed by atoms with Gasteiger partial charge in [0, 0.05) is 0 Å². The number of nitrogens with one attached hydrogen (secondary N) is 2. The molecule has 2 N–H and O–H groups in total. The van der Waals surface area contributed by atoms with E-state index >= 15 is 0 Å². The van der Waals surface area contributed by atoms with Crippen LogP contribution >= 0.6 is 0 Å². The number of amides is 1. The third kappa shape index (κ3) is 4.57. The summed E-state index contributed by atoms with van der Waals surface area (Å²) in [6.07, 6.45) is 3.83. The van der Waals surface area contributed by atoms with Gasteiger partial charge >= 0.3 is 0 Å². The summed E-state index contributed by atoms with van der Waals surface area (Å²) in [4.78, 5) is 12.4. The van der Waals surface area contributed by atoms with E-state index in [1.54, 1.807) is 7.05 Å². The van der Waals surface area contributed by atoms with Crippen molar-refractivity contribution in [2.75, 3.05) is 7.05 Å². The summed E-state index contributed by atoms with van der Waals surface area (Å²) in [6.45, 7) is 1.99. The maximum atomic E-state index is 12.4. The quantitative estimate of drug-likeness (QED) is 0.859. The zero-order chi connectivity index (χ0) is 15.8. The Labute approximate surface area is 132 Å². The van der Waals surface area contributed by atoms with Crippen molar-refractivity contribution in [1.82, 2.24) is 10.6 Å². The van der Waals surface area contributed by atoms with E-state index in [1.165, 1.54) is 0 Å². The van der Waals surface area contributed by atoms with Crippen LogP contribution in [0.3, 0.4) is 0 Å². The van der Waals surface area contributed by atoms with Crippen LogP contribution in [0.4, 0.5) is 0 Å². The number of hydrogen-bond acceptors (Lipinski definition) is 2. The number of likely N-dealkylation sites (N-methyl/N-ethyl adjacent to an activating group) is 1. The molecule has 1 amide bonds. The Morgan fingerprint density at radius 2 is 1.59 bits per heavy atom. The Kier molecular flexibility index (Phi) is 5.92. The lowest BCUT2D eigenvalue weighted by Gasteiger charge is -2.18. The topological polar surface area (TPSA) is 41.1 Å². The van der Waals surface area contributed by atoms with Crippen molar-refractivity contribution in [3.05, 3.63) is 77.9 Å². The average Bonchev–Trinajstić information content (AvgIpc) is 2.57. The number of benzene rings is 2. The van der Waals surface area contributed by atoms with Crippen LogP contribution in [0.1, 0.15) is 24.1 Å². The van der Waals surface area contributed by atoms with Crippen molar-refractivity contribution in [2.45, 2.75) is 19.0 Å². The molecule has 3 heteroatoms. The molecule has 0 saturated carbocycles. The van der Waals surface area contributed by atoms with E-state index in [-0.39, 0.29) is 18.0 Å². The van der Waals surface area contributed by atoms with E-state index in [4.69, 9.17) is 0 Å². The number of carbonyl (C=O) groups is 1. The van der Waals surface area contributed by atoms with Crippen LogP contribution in [0.5, 0.6) is 0 Å². The van der Waals surface area contributed by atoms with Crippen LogP contribution in [-0.2, 0) is 4.79 Å². The molecule has 2 aromatic carbocycles. The van der Waals surface area contributed by atoms with Gasteiger partial charge in [0.2, 0.25) is 5.91 Å². The Bertz CT molecular complexity index is 608. The first-order valence-corrected chi connectivity index (χ1v) is 7.46. The van der Waals surface area contributed by atoms with Crippen molar-refractivity contribution in [3.63, 3.8) is 0 Å². The highest BCUT2D eigenvalue weighted by molar-refractivity contribution is 5.85. The molecule has 0 aromatic heterocycles. The fourth-order valence-electron chi connectivity index (χ4n) is 2.21. The van der Waals surface area contributed by atoms with Gasteiger partial charge in [-0.2, -0.15) is 0 Å². The fraction of sp³-hybridized carbons (Fsp3) is 0.211. The van der Waals surface area contributed by atoms with Crippen molar-refractivity contribution in [1.29, 1.82) is 0 Å². The molecular formula is C19H22N2O. The maximum absolute atomic E-state index is 12.4. The highest BCUT2D eigenvalue weighted by Gasteiger charge is 2.16. The molecule has 0 bridgehead atoms. The summed E-state index contributed by atoms with van der Waals surface area (Å²) >= 11 is 0. The molecule has 0 aliphatic carbocycles. The number of carbonyl (C=O) groups excluding carboxylic acids is 1. The third-order valence-electron chi connectivity index (χ3n) is 3.53. The Hall–Kier alpha value is -2.39. The van der Waals surface area contributed by atoms with Gasteiger partial charge in [-0.1, -0.05) is 72.8 Å². The predicted molar refractivity (Wildman–Crippen MR) is 91.3 cm³/mol. The molecule has 2 unspecified atom stereocenters. The second-order valence-corrected chi connectivity index (χ2v) is 5.18. The lowest BCUT2D eigenvalue weighted by molar-refractivity contribution is -0.122. The lowest BCUT2D eigenvalue weighted by Crippen LogP contribution is -2.42. The minimum atomic E-state index is -0.355. The van der Waals surface area contributed by atoms with E-state index in [1.807, 2.05) is 79.7 Å². The average molecular weight is 294 g/mol. The summed E-state index contributed by atoms with van der Waals surface area (Å²) in [6, 6.07) is 19.5. The Morgan fingerprint density at radius 3 is 2.18 bits per heavy atom. The van der Waals surface area contributed by atoms with Crippen LogP contribution in [0, 0.1) is 0 Å². The largest absolute Gasteiger partial charge is 0.348 e. The number of rotatable bonds is 6. The molecule has 2 aromatic rings. The van der Waals surface area contributed by atoms with Crippen LogP contribution in [0.25, 0.3) is 6.08 Å². The molecule has 0 saturated heterocycles. The summed E-state index contributed by atoms with van der Waals surface area (Å²) in [5.41, 5.74) is 2.17. The number of hydrogen-bond donors (Lipinski definition) is 2. The van der Waals surface area contributed by atoms with Crippen LogP contribution in [0.2, 0.25) is 0 Å². The molecule has 114 valence electrons. The Balaban J connectivity index is 1.98. The first-order chi connectivity index (χ1) is 10.7. The van der Waals surface area contributed by atoms with Gasteiger partial charge < -0.3 is 10.6 Å². The lowest BCUT2D eigenvalue weighted by atomic mass is 10.1. The van der Waals surface area contributed by atoms with E-state index in [9.17, 15) is 4.79 Å². The Morgan fingerprint density at radius 1 is 1.00 bits per heavy atom. The highest BCUT2D eigenvalue weighted by atomic mass is 16.2. The van der Waals surface area contributed by atoms with E-state index in [0.29, 0.717) is 0 Å². The molecule has 3 nitrogen and oxygen atoms in total. The van der Waals surface area contributed by atoms with Crippen LogP contribution < -0.4 is 10.6 Å². The molecular weight excluding hydrogens is 272 g/mol. The minimum absolute atomic E-state index is 0.0188. The standard InChI is InChI=1S/C19H22N2O/c1-15(17-11-7-4-8-12-17)21-19(22)18(20-2)14-13-16-9-5-3-6-10-16/h3-15,18,20H,1-2H3,(H,21,22)/b14-13+. The molecule has 22 heavy (non-hydrogen) atoms. The zero-order valence-corrected chi connectivity index (χ0v) is 13.0. The smallest absolute Gasteiger partial charge is 0.241 e. The normalized spacial score (nSPS) is 13.7. The van der Waals surface area contributed by atoms with Gasteiger partial charge in [-0.05, 0) is 25.1 Å². The van der Waals surface area contributed by atoms with Gasteiger partial charge in [-0.15, -0.1) is 0 Å². The van der Waals surface area contributed by atoms with Crippen molar-refractivity contribution in [2.24, 2.45) is 0 Å². The zero-order valence-electron chi connectivity index (χ0n) is 13.0. The molecule has 2 atom stereocenters. The summed E-state index contributed by atoms with van der Waals surface area (Å²) in [5.74, 6) is -0.0361. The highest BCUT2D eigenvalue weighted by Crippen LogP contribution is 2.11. The summed E-state index contributed by atoms with van der Waals surface area (Å²) in [5, 5.41) is 6.06. The fourth-order valence-corrected chi connectivity index (χ4v) is 2.21. The molecule has 0 aliphatic heterocycles. The first kappa shape index (κ1) is 16.0. The van der Waals surface area contributed by atoms with E-state index < -0.39 is 0 Å². The summed E-state index contributed by atoms with van der Waals surface area (Å²) in [7, 11) is 1.78. The van der Waals surface area contributed by atoms with Gasteiger partial charge in [0.15, 0.2) is 0 Å². The molecule has 0 radical (unpaired) electrons. The van der Waals surface area contributed by atoms with E-state index in [2.05, 4.69) is 10.6 Å². The first-order valence-electron chi connectivity index (χ1n) is 7.46. The van der Waals surface area contributed by atoms with E-state index in [0.717, 1.165) is 11.1 Å². The predicted octanol–water partition coefficient (Wildman–Crippen LogP) is 3.17. The molecule has 0 fully saturated rings. The molecule has 0 heterocycles. The van der Waals surface area contributed by atoms with Crippen LogP contribution in [-0.4, -0.2) is 19.0 Å². The molecule has 0 aliphatic rings. The molecule has 0 spiro atoms. The second-order valence-electron chi connectivity index (χ2n) is 5.18. The van der Waals surface area contributed by atoms with Gasteiger partial charge in [0.1, 0.15) is 6.04 Å². The van der Waals surface area contributed by atoms with Gasteiger partial charge in [-0.3, -0.25) is 4.79 Å². The SMILES string of the molecule is CNC(/C=C/c1ccccc1)C(=O)NC(C)c1ccccc1. The third-order valence-corrected chi connectivity index (χ3v) is 3.53.